The lowest BCUT2D eigenvalue weighted by atomic mass is 9.85. The monoisotopic (exact) mass is 557 g/mol. The second kappa shape index (κ2) is 10.9. The molecule has 0 aromatic heterocycles. The van der Waals surface area contributed by atoms with Crippen molar-refractivity contribution in [2.45, 2.75) is 71.3 Å². The van der Waals surface area contributed by atoms with E-state index < -0.39 is 47.7 Å². The Balaban J connectivity index is 1.45. The molecule has 1 aromatic rings. The molecule has 40 heavy (non-hydrogen) atoms. The molecule has 4 bridgehead atoms. The van der Waals surface area contributed by atoms with E-state index in [4.69, 9.17) is 23.7 Å². The minimum atomic E-state index is -0.988. The first-order valence-corrected chi connectivity index (χ1v) is 13.4. The number of amides is 3. The van der Waals surface area contributed by atoms with E-state index in [2.05, 4.69) is 5.32 Å². The number of hydrogen-bond donors (Lipinski definition) is 1. The van der Waals surface area contributed by atoms with Crippen molar-refractivity contribution in [3.8, 4) is 11.5 Å². The molecular formula is C28H35N3O9. The predicted molar refractivity (Wildman–Crippen MR) is 140 cm³/mol. The summed E-state index contributed by atoms with van der Waals surface area (Å²) < 4.78 is 27.5. The molecule has 0 saturated carbocycles. The van der Waals surface area contributed by atoms with Crippen molar-refractivity contribution >= 4 is 30.1 Å². The molecule has 4 aliphatic heterocycles. The minimum Gasteiger partial charge on any atom is -0.467 e. The maximum Gasteiger partial charge on any atom is 0.410 e. The van der Waals surface area contributed by atoms with Crippen LogP contribution in [0.25, 0.3) is 6.08 Å². The Morgan fingerprint density at radius 2 is 1.93 bits per heavy atom. The zero-order chi connectivity index (χ0) is 28.6. The Labute approximate surface area is 232 Å². The third-order valence-corrected chi connectivity index (χ3v) is 7.57. The standard InChI is InChI=1S/C28H35N3O9/c1-28(2,3)23-24(32)31-13-17(11-20(31)25(33)36-4)40-27(35)30-12-16-10-21-22(39-15-38-21)18(19(16)14-30)8-6-5-7-9-37-26(34)29-23/h6,8,10,17,20,23H,5,7,9,11-15H2,1-4H3,(H,29,34)/t17-,20?,23-/m1/s1. The number of fused-ring (bicyclic) bond motifs is 5. The number of ether oxygens (including phenoxy) is 5. The number of alkyl carbamates (subject to hydrolysis) is 1. The topological polar surface area (TPSA) is 133 Å². The smallest absolute Gasteiger partial charge is 0.410 e. The van der Waals surface area contributed by atoms with Crippen LogP contribution >= 0.6 is 0 Å². The van der Waals surface area contributed by atoms with E-state index in [1.807, 2.05) is 39.0 Å². The zero-order valence-corrected chi connectivity index (χ0v) is 23.2. The van der Waals surface area contributed by atoms with Crippen molar-refractivity contribution in [1.82, 2.24) is 15.1 Å². The lowest BCUT2D eigenvalue weighted by molar-refractivity contribution is -0.152. The molecule has 1 unspecified atom stereocenters. The fraction of sp³-hybridized carbons (Fsp3) is 0.571. The molecule has 12 nitrogen and oxygen atoms in total. The van der Waals surface area contributed by atoms with Gasteiger partial charge in [0.15, 0.2) is 11.5 Å². The molecule has 1 N–H and O–H groups in total. The fourth-order valence-electron chi connectivity index (χ4n) is 5.49. The Morgan fingerprint density at radius 1 is 1.12 bits per heavy atom. The Kier molecular flexibility index (Phi) is 7.52. The molecular weight excluding hydrogens is 522 g/mol. The van der Waals surface area contributed by atoms with Crippen molar-refractivity contribution in [3.05, 3.63) is 28.8 Å². The quantitative estimate of drug-likeness (QED) is 0.409. The summed E-state index contributed by atoms with van der Waals surface area (Å²) in [7, 11) is 1.24. The summed E-state index contributed by atoms with van der Waals surface area (Å²) in [5, 5.41) is 2.68. The van der Waals surface area contributed by atoms with Gasteiger partial charge in [0.25, 0.3) is 0 Å². The van der Waals surface area contributed by atoms with Crippen LogP contribution in [0, 0.1) is 5.41 Å². The van der Waals surface area contributed by atoms with E-state index in [9.17, 15) is 19.2 Å². The van der Waals surface area contributed by atoms with Crippen molar-refractivity contribution in [2.75, 3.05) is 27.1 Å². The summed E-state index contributed by atoms with van der Waals surface area (Å²) in [5.41, 5.74) is 2.01. The number of hydrogen-bond acceptors (Lipinski definition) is 9. The highest BCUT2D eigenvalue weighted by atomic mass is 16.7. The number of carbonyl (C=O) groups excluding carboxylic acids is 4. The normalized spacial score (nSPS) is 25.0. The molecule has 216 valence electrons. The summed E-state index contributed by atoms with van der Waals surface area (Å²) in [6, 6.07) is -0.0668. The third kappa shape index (κ3) is 5.39. The van der Waals surface area contributed by atoms with Gasteiger partial charge in [0.2, 0.25) is 12.7 Å². The molecule has 1 saturated heterocycles. The first-order valence-electron chi connectivity index (χ1n) is 13.4. The number of nitrogens with one attached hydrogen (secondary N) is 1. The fourth-order valence-corrected chi connectivity index (χ4v) is 5.49. The van der Waals surface area contributed by atoms with Gasteiger partial charge in [-0.05, 0) is 35.4 Å². The van der Waals surface area contributed by atoms with Crippen LogP contribution in [0.5, 0.6) is 11.5 Å². The summed E-state index contributed by atoms with van der Waals surface area (Å²) in [6.07, 6.45) is 3.15. The van der Waals surface area contributed by atoms with Crippen LogP contribution in [-0.4, -0.2) is 79.1 Å². The molecule has 3 amide bonds. The van der Waals surface area contributed by atoms with Crippen molar-refractivity contribution in [3.63, 3.8) is 0 Å². The van der Waals surface area contributed by atoms with Crippen LogP contribution < -0.4 is 14.8 Å². The van der Waals surface area contributed by atoms with Crippen LogP contribution in [0.2, 0.25) is 0 Å². The van der Waals surface area contributed by atoms with E-state index in [0.29, 0.717) is 37.4 Å². The highest BCUT2D eigenvalue weighted by Gasteiger charge is 2.47. The van der Waals surface area contributed by atoms with E-state index in [1.165, 1.54) is 12.0 Å². The van der Waals surface area contributed by atoms with E-state index in [0.717, 1.165) is 16.7 Å². The second-order valence-corrected chi connectivity index (χ2v) is 11.4. The molecule has 1 aromatic carbocycles. The number of nitrogens with zero attached hydrogens (tertiary/aromatic N) is 2. The van der Waals surface area contributed by atoms with Gasteiger partial charge >= 0.3 is 18.2 Å². The van der Waals surface area contributed by atoms with Crippen LogP contribution in [0.4, 0.5) is 9.59 Å². The van der Waals surface area contributed by atoms with Gasteiger partial charge in [-0.2, -0.15) is 0 Å². The summed E-state index contributed by atoms with van der Waals surface area (Å²) in [4.78, 5) is 55.3. The average molecular weight is 558 g/mol. The molecule has 1 fully saturated rings. The van der Waals surface area contributed by atoms with Crippen LogP contribution in [0.1, 0.15) is 56.7 Å². The van der Waals surface area contributed by atoms with Crippen molar-refractivity contribution in [1.29, 1.82) is 0 Å². The SMILES string of the molecule is COC(=O)C1C[C@@H]2CN1C(=O)[C@H](C(C)(C)C)NC(=O)OCCCC=Cc1c3c(cc4c1OCO4)CN(C3)C(=O)O2. The molecule has 12 heteroatoms. The van der Waals surface area contributed by atoms with Crippen molar-refractivity contribution < 1.29 is 42.9 Å². The molecule has 4 aliphatic rings. The zero-order valence-electron chi connectivity index (χ0n) is 23.2. The number of cyclic esters (lactones) is 1. The first kappa shape index (κ1) is 27.6. The lowest BCUT2D eigenvalue weighted by Gasteiger charge is -2.34. The maximum atomic E-state index is 13.7. The summed E-state index contributed by atoms with van der Waals surface area (Å²) >= 11 is 0. The van der Waals surface area contributed by atoms with E-state index in [1.54, 1.807) is 4.90 Å². The average Bonchev–Trinajstić information content (AvgIpc) is 3.65. The lowest BCUT2D eigenvalue weighted by Crippen LogP contribution is -2.57. The maximum absolute atomic E-state index is 13.7. The molecule has 0 radical (unpaired) electrons. The number of allylic oxidation sites excluding steroid dienone is 1. The minimum absolute atomic E-state index is 0.0155. The van der Waals surface area contributed by atoms with Crippen LogP contribution in [-0.2, 0) is 36.9 Å². The van der Waals surface area contributed by atoms with Gasteiger partial charge in [-0.25, -0.2) is 14.4 Å². The number of carbonyl (C=O) groups is 4. The van der Waals surface area contributed by atoms with Gasteiger partial charge < -0.3 is 33.9 Å². The number of esters is 1. The van der Waals surface area contributed by atoms with E-state index >= 15 is 0 Å². The van der Waals surface area contributed by atoms with Gasteiger partial charge in [0.05, 0.1) is 26.8 Å². The van der Waals surface area contributed by atoms with Crippen LogP contribution in [0.15, 0.2) is 12.1 Å². The summed E-state index contributed by atoms with van der Waals surface area (Å²) in [5.74, 6) is 0.150. The molecule has 3 atom stereocenters. The van der Waals surface area contributed by atoms with Crippen LogP contribution in [0.3, 0.4) is 0 Å². The van der Waals surface area contributed by atoms with Gasteiger partial charge in [-0.1, -0.05) is 32.9 Å². The predicted octanol–water partition coefficient (Wildman–Crippen LogP) is 2.96. The Bertz CT molecular complexity index is 1240. The van der Waals surface area contributed by atoms with Gasteiger partial charge in [0.1, 0.15) is 18.2 Å². The molecule has 0 aliphatic carbocycles. The highest BCUT2D eigenvalue weighted by molar-refractivity contribution is 5.91. The van der Waals surface area contributed by atoms with Gasteiger partial charge in [0, 0.05) is 18.5 Å². The van der Waals surface area contributed by atoms with Gasteiger partial charge in [-0.3, -0.25) is 9.69 Å². The first-order chi connectivity index (χ1) is 19.1. The Hall–Kier alpha value is -3.96. The Morgan fingerprint density at radius 3 is 2.67 bits per heavy atom. The number of methoxy groups -OCH3 is 1. The third-order valence-electron chi connectivity index (χ3n) is 7.57. The summed E-state index contributed by atoms with van der Waals surface area (Å²) in [6.45, 7) is 6.32. The largest absolute Gasteiger partial charge is 0.467 e. The second-order valence-electron chi connectivity index (χ2n) is 11.4. The molecule has 0 spiro atoms. The van der Waals surface area contributed by atoms with Crippen molar-refractivity contribution in [2.24, 2.45) is 5.41 Å². The molecule has 5 rings (SSSR count). The van der Waals surface area contributed by atoms with Gasteiger partial charge in [-0.15, -0.1) is 0 Å². The molecule has 4 heterocycles. The van der Waals surface area contributed by atoms with E-state index in [-0.39, 0.29) is 26.4 Å². The number of benzene rings is 1. The highest BCUT2D eigenvalue weighted by Crippen LogP contribution is 2.43. The number of rotatable bonds is 1.